The number of quaternary nitrogens is 1. The minimum absolute atomic E-state index is 0.0299. The van der Waals surface area contributed by atoms with E-state index < -0.39 is 26.5 Å². The molecule has 0 aromatic heterocycles. The zero-order chi connectivity index (χ0) is 65.5. The van der Waals surface area contributed by atoms with Crippen molar-refractivity contribution < 1.29 is 42.1 Å². The summed E-state index contributed by atoms with van der Waals surface area (Å²) in [4.78, 5) is 38.2. The zero-order valence-corrected chi connectivity index (χ0v) is 61.0. The number of carbonyl (C=O) groups excluding carboxylic acids is 2. The summed E-state index contributed by atoms with van der Waals surface area (Å²) in [6, 6.07) is 0. The van der Waals surface area contributed by atoms with Crippen LogP contribution in [0.25, 0.3) is 0 Å². The molecular weight excluding hydrogens is 1130 g/mol. The third-order valence-electron chi connectivity index (χ3n) is 17.2. The highest BCUT2D eigenvalue weighted by molar-refractivity contribution is 7.45. The Hall–Kier alpha value is -2.55. The van der Waals surface area contributed by atoms with Crippen LogP contribution in [0.4, 0.5) is 0 Å². The SMILES string of the molecule is CC/C=C\C/C=C\C/C=C\C/C=C\C/C=C\C/C=C\CCCCCCCCCCCCCCCCCCC(=O)OC(COC(=O)CCCCCCCCCCCCCCCCCCCCCCCCCCCCCCCCC)COP(=O)([O-])OCC[N+](C)(C)C. The van der Waals surface area contributed by atoms with Gasteiger partial charge in [0.15, 0.2) is 6.10 Å². The number of ether oxygens (including phenoxy) is 2. The van der Waals surface area contributed by atoms with Gasteiger partial charge in [-0.05, 0) is 64.2 Å². The smallest absolute Gasteiger partial charge is 0.306 e. The van der Waals surface area contributed by atoms with Crippen molar-refractivity contribution in [2.45, 2.75) is 380 Å². The Bertz CT molecular complexity index is 1750. The Morgan fingerprint density at radius 1 is 0.356 bits per heavy atom. The van der Waals surface area contributed by atoms with Crippen molar-refractivity contribution in [3.63, 3.8) is 0 Å². The van der Waals surface area contributed by atoms with Crippen LogP contribution in [0, 0.1) is 0 Å². The number of esters is 2. The van der Waals surface area contributed by atoms with E-state index in [4.69, 9.17) is 18.5 Å². The van der Waals surface area contributed by atoms with E-state index in [2.05, 4.69) is 86.8 Å². The van der Waals surface area contributed by atoms with Crippen LogP contribution in [0.1, 0.15) is 373 Å². The molecule has 0 fully saturated rings. The number of hydrogen-bond donors (Lipinski definition) is 0. The fourth-order valence-corrected chi connectivity index (χ4v) is 12.1. The van der Waals surface area contributed by atoms with Crippen molar-refractivity contribution in [3.05, 3.63) is 72.9 Å². The molecule has 2 atom stereocenters. The average molecular weight is 1280 g/mol. The molecule has 0 aliphatic rings. The van der Waals surface area contributed by atoms with E-state index in [1.807, 2.05) is 21.1 Å². The summed E-state index contributed by atoms with van der Waals surface area (Å²) >= 11 is 0. The van der Waals surface area contributed by atoms with E-state index in [9.17, 15) is 19.0 Å². The number of nitrogens with zero attached hydrogens (tertiary/aromatic N) is 1. The Labute approximate surface area is 559 Å². The third-order valence-corrected chi connectivity index (χ3v) is 18.2. The lowest BCUT2D eigenvalue weighted by atomic mass is 10.0. The van der Waals surface area contributed by atoms with Gasteiger partial charge in [-0.3, -0.25) is 14.2 Å². The van der Waals surface area contributed by atoms with Crippen LogP contribution in [-0.4, -0.2) is 70.0 Å². The average Bonchev–Trinajstić information content (AvgIpc) is 3.61. The number of hydrogen-bond acceptors (Lipinski definition) is 8. The number of allylic oxidation sites excluding steroid dienone is 12. The van der Waals surface area contributed by atoms with Crippen LogP contribution in [0.2, 0.25) is 0 Å². The summed E-state index contributed by atoms with van der Waals surface area (Å²) in [6.07, 6.45) is 95.9. The standard InChI is InChI=1S/C80H148NO8P/c1-6-8-10-12-14-16-18-20-22-24-26-28-30-32-34-36-38-39-40-41-43-45-47-49-51-53-55-57-59-61-63-65-67-69-71-73-80(83)89-78(77-88-90(84,85)87-75-74-81(3,4)5)76-86-79(82)72-70-68-66-64-62-60-58-56-54-52-50-48-46-44-42-37-35-33-31-29-27-25-23-21-19-17-15-13-11-9-7-2/h8,10,14,16,20,22,26,28,32,34,38-39,78H,6-7,9,11-13,15,17-19,21,23-25,27,29-31,33,35-37,40-77H2,1-5H3/b10-8-,16-14-,22-20-,28-26-,34-32-,39-38-. The molecule has 0 aliphatic carbocycles. The first-order valence-electron chi connectivity index (χ1n) is 38.6. The Kier molecular flexibility index (Phi) is 68.8. The molecule has 0 heterocycles. The molecule has 10 heteroatoms. The van der Waals surface area contributed by atoms with Crippen molar-refractivity contribution >= 4 is 19.8 Å². The number of phosphoric acid groups is 1. The van der Waals surface area contributed by atoms with Gasteiger partial charge < -0.3 is 27.9 Å². The zero-order valence-electron chi connectivity index (χ0n) is 60.1. The largest absolute Gasteiger partial charge is 0.756 e. The summed E-state index contributed by atoms with van der Waals surface area (Å²) in [5.74, 6) is -0.814. The molecule has 0 saturated carbocycles. The molecule has 0 aliphatic heterocycles. The molecule has 0 radical (unpaired) electrons. The highest BCUT2D eigenvalue weighted by atomic mass is 31.2. The van der Waals surface area contributed by atoms with Crippen molar-refractivity contribution in [2.24, 2.45) is 0 Å². The predicted molar refractivity (Wildman–Crippen MR) is 388 cm³/mol. The van der Waals surface area contributed by atoms with Gasteiger partial charge in [-0.2, -0.15) is 0 Å². The van der Waals surface area contributed by atoms with Crippen LogP contribution >= 0.6 is 7.82 Å². The summed E-state index contributed by atoms with van der Waals surface area (Å²) in [6.45, 7) is 4.19. The first-order chi connectivity index (χ1) is 44.0. The second-order valence-electron chi connectivity index (χ2n) is 27.4. The Morgan fingerprint density at radius 2 is 0.633 bits per heavy atom. The minimum atomic E-state index is -4.64. The van der Waals surface area contributed by atoms with Gasteiger partial charge in [-0.1, -0.05) is 369 Å². The van der Waals surface area contributed by atoms with E-state index in [1.165, 1.54) is 263 Å². The lowest BCUT2D eigenvalue weighted by Gasteiger charge is -2.28. The topological polar surface area (TPSA) is 111 Å². The third kappa shape index (κ3) is 74.5. The molecule has 0 aromatic rings. The van der Waals surface area contributed by atoms with Gasteiger partial charge in [0, 0.05) is 12.8 Å². The van der Waals surface area contributed by atoms with E-state index in [1.54, 1.807) is 0 Å². The quantitative estimate of drug-likeness (QED) is 0.0195. The van der Waals surface area contributed by atoms with Crippen molar-refractivity contribution in [1.82, 2.24) is 0 Å². The highest BCUT2D eigenvalue weighted by Gasteiger charge is 2.22. The molecule has 526 valence electrons. The van der Waals surface area contributed by atoms with Gasteiger partial charge >= 0.3 is 11.9 Å². The Morgan fingerprint density at radius 3 is 0.944 bits per heavy atom. The van der Waals surface area contributed by atoms with Crippen LogP contribution in [-0.2, 0) is 32.7 Å². The van der Waals surface area contributed by atoms with E-state index in [0.717, 1.165) is 77.0 Å². The van der Waals surface area contributed by atoms with Gasteiger partial charge in [-0.25, -0.2) is 0 Å². The first-order valence-corrected chi connectivity index (χ1v) is 40.1. The van der Waals surface area contributed by atoms with Gasteiger partial charge in [0.05, 0.1) is 27.7 Å². The van der Waals surface area contributed by atoms with Gasteiger partial charge in [0.2, 0.25) is 0 Å². The molecule has 0 aromatic carbocycles. The second-order valence-corrected chi connectivity index (χ2v) is 28.8. The lowest BCUT2D eigenvalue weighted by Crippen LogP contribution is -2.37. The predicted octanol–water partition coefficient (Wildman–Crippen LogP) is 24.9. The number of carbonyl (C=O) groups is 2. The molecule has 2 unspecified atom stereocenters. The molecule has 9 nitrogen and oxygen atoms in total. The molecule has 0 amide bonds. The highest BCUT2D eigenvalue weighted by Crippen LogP contribution is 2.38. The maximum atomic E-state index is 12.9. The number of phosphoric ester groups is 1. The molecule has 0 bridgehead atoms. The summed E-state index contributed by atoms with van der Waals surface area (Å²) in [5.41, 5.74) is 0. The van der Waals surface area contributed by atoms with Crippen molar-refractivity contribution in [1.29, 1.82) is 0 Å². The van der Waals surface area contributed by atoms with Gasteiger partial charge in [0.1, 0.15) is 19.8 Å². The number of unbranched alkanes of at least 4 members (excludes halogenated alkanes) is 46. The fourth-order valence-electron chi connectivity index (χ4n) is 11.4. The van der Waals surface area contributed by atoms with Crippen LogP contribution < -0.4 is 4.89 Å². The number of likely N-dealkylation sites (N-methyl/N-ethyl adjacent to an activating group) is 1. The Balaban J connectivity index is 3.96. The lowest BCUT2D eigenvalue weighted by molar-refractivity contribution is -0.870. The van der Waals surface area contributed by atoms with Crippen LogP contribution in [0.15, 0.2) is 72.9 Å². The van der Waals surface area contributed by atoms with Gasteiger partial charge in [-0.15, -0.1) is 0 Å². The van der Waals surface area contributed by atoms with Crippen LogP contribution in [0.5, 0.6) is 0 Å². The molecule has 0 rings (SSSR count). The first kappa shape index (κ1) is 87.5. The van der Waals surface area contributed by atoms with E-state index >= 15 is 0 Å². The maximum Gasteiger partial charge on any atom is 0.306 e. The molecule has 0 spiro atoms. The van der Waals surface area contributed by atoms with Crippen LogP contribution in [0.3, 0.4) is 0 Å². The summed E-state index contributed by atoms with van der Waals surface area (Å²) in [7, 11) is 1.18. The van der Waals surface area contributed by atoms with Gasteiger partial charge in [0.25, 0.3) is 7.82 Å². The summed E-state index contributed by atoms with van der Waals surface area (Å²) in [5, 5.41) is 0. The molecular formula is C80H148NO8P. The van der Waals surface area contributed by atoms with E-state index in [0.29, 0.717) is 17.4 Å². The van der Waals surface area contributed by atoms with Crippen molar-refractivity contribution in [2.75, 3.05) is 47.5 Å². The second kappa shape index (κ2) is 70.8. The minimum Gasteiger partial charge on any atom is -0.756 e. The molecule has 90 heavy (non-hydrogen) atoms. The van der Waals surface area contributed by atoms with Crippen molar-refractivity contribution in [3.8, 4) is 0 Å². The molecule has 0 N–H and O–H groups in total. The molecule has 0 saturated heterocycles. The monoisotopic (exact) mass is 1280 g/mol. The summed E-state index contributed by atoms with van der Waals surface area (Å²) < 4.78 is 34.4. The van der Waals surface area contributed by atoms with E-state index in [-0.39, 0.29) is 32.0 Å². The maximum absolute atomic E-state index is 12.9. The normalized spacial score (nSPS) is 13.4. The fraction of sp³-hybridized carbons (Fsp3) is 0.825. The number of rotatable bonds is 72.